The van der Waals surface area contributed by atoms with Crippen LogP contribution in [0.25, 0.3) is 10.9 Å². The Labute approximate surface area is 140 Å². The lowest BCUT2D eigenvalue weighted by Crippen LogP contribution is -2.15. The van der Waals surface area contributed by atoms with Gasteiger partial charge in [0.15, 0.2) is 6.61 Å². The van der Waals surface area contributed by atoms with Gasteiger partial charge in [-0.05, 0) is 55.7 Å². The van der Waals surface area contributed by atoms with Crippen LogP contribution in [0.15, 0.2) is 42.5 Å². The molecule has 0 saturated heterocycles. The van der Waals surface area contributed by atoms with E-state index in [9.17, 15) is 9.59 Å². The second-order valence-corrected chi connectivity index (χ2v) is 6.02. The van der Waals surface area contributed by atoms with Gasteiger partial charge >= 0.3 is 5.97 Å². The summed E-state index contributed by atoms with van der Waals surface area (Å²) < 4.78 is 5.18. The highest BCUT2D eigenvalue weighted by atomic mass is 16.5. The van der Waals surface area contributed by atoms with E-state index < -0.39 is 5.97 Å². The first-order chi connectivity index (χ1) is 11.5. The fourth-order valence-corrected chi connectivity index (χ4v) is 2.73. The molecule has 0 aliphatic carbocycles. The number of carbonyl (C=O) groups is 2. The molecule has 0 bridgehead atoms. The molecule has 2 aromatic carbocycles. The van der Waals surface area contributed by atoms with Crippen LogP contribution in [-0.2, 0) is 4.74 Å². The van der Waals surface area contributed by atoms with Gasteiger partial charge in [0.05, 0.1) is 0 Å². The Bertz CT molecular complexity index is 904. The van der Waals surface area contributed by atoms with Crippen molar-refractivity contribution < 1.29 is 14.3 Å². The molecule has 0 fully saturated rings. The molecule has 0 spiro atoms. The van der Waals surface area contributed by atoms with Crippen molar-refractivity contribution in [3.63, 3.8) is 0 Å². The van der Waals surface area contributed by atoms with E-state index in [-0.39, 0.29) is 12.4 Å². The summed E-state index contributed by atoms with van der Waals surface area (Å²) in [6.45, 7) is 5.59. The largest absolute Gasteiger partial charge is 0.453 e. The summed E-state index contributed by atoms with van der Waals surface area (Å²) in [6.07, 6.45) is 0. The zero-order valence-electron chi connectivity index (χ0n) is 14.0. The Hall–Kier alpha value is -2.88. The number of fused-ring (bicyclic) bond motifs is 1. The molecule has 0 radical (unpaired) electrons. The third-order valence-corrected chi connectivity index (χ3v) is 4.23. The molecule has 4 nitrogen and oxygen atoms in total. The number of hydrogen-bond donors (Lipinski definition) is 1. The number of nitrogens with one attached hydrogen (secondary N) is 1. The predicted molar refractivity (Wildman–Crippen MR) is 93.6 cm³/mol. The normalized spacial score (nSPS) is 10.8. The van der Waals surface area contributed by atoms with Crippen LogP contribution in [0.3, 0.4) is 0 Å². The molecule has 0 amide bonds. The lowest BCUT2D eigenvalue weighted by molar-refractivity contribution is 0.0469. The number of carbonyl (C=O) groups excluding carboxylic acids is 2. The van der Waals surface area contributed by atoms with Gasteiger partial charge < -0.3 is 9.72 Å². The number of para-hydroxylation sites is 1. The maximum atomic E-state index is 12.3. The highest BCUT2D eigenvalue weighted by Crippen LogP contribution is 2.17. The number of ether oxygens (including phenoxy) is 1. The van der Waals surface area contributed by atoms with E-state index in [1.807, 2.05) is 57.2 Å². The summed E-state index contributed by atoms with van der Waals surface area (Å²) in [5.74, 6) is -0.721. The number of benzene rings is 2. The average molecular weight is 321 g/mol. The molecule has 0 unspecified atom stereocenters. The molecular formula is C20H19NO3. The lowest BCUT2D eigenvalue weighted by atomic mass is 9.98. The molecule has 0 saturated carbocycles. The Morgan fingerprint density at radius 1 is 0.958 bits per heavy atom. The van der Waals surface area contributed by atoms with Crippen LogP contribution >= 0.6 is 0 Å². The molecule has 0 atom stereocenters. The first kappa shape index (κ1) is 16.0. The fraction of sp³-hybridized carbons (Fsp3) is 0.200. The minimum absolute atomic E-state index is 0.194. The van der Waals surface area contributed by atoms with Crippen molar-refractivity contribution in [3.05, 3.63) is 70.4 Å². The third kappa shape index (κ3) is 3.08. The van der Waals surface area contributed by atoms with Crippen LogP contribution in [-0.4, -0.2) is 23.3 Å². The SMILES string of the molecule is Cc1cc(C)c(C(=O)COC(=O)c2cc3ccccc3[nH]2)cc1C. The number of aromatic amines is 1. The van der Waals surface area contributed by atoms with Crippen molar-refractivity contribution in [2.24, 2.45) is 0 Å². The topological polar surface area (TPSA) is 59.2 Å². The molecule has 4 heteroatoms. The molecular weight excluding hydrogens is 302 g/mol. The Morgan fingerprint density at radius 3 is 2.42 bits per heavy atom. The second-order valence-electron chi connectivity index (χ2n) is 6.02. The number of Topliss-reactive ketones (excluding diaryl/α,β-unsaturated/α-hetero) is 1. The maximum absolute atomic E-state index is 12.3. The predicted octanol–water partition coefficient (Wildman–Crippen LogP) is 4.13. The summed E-state index contributed by atoms with van der Waals surface area (Å²) in [5.41, 5.74) is 4.89. The van der Waals surface area contributed by atoms with Gasteiger partial charge in [-0.2, -0.15) is 0 Å². The van der Waals surface area contributed by atoms with E-state index in [1.54, 1.807) is 6.07 Å². The average Bonchev–Trinajstić information content (AvgIpc) is 2.99. The van der Waals surface area contributed by atoms with Gasteiger partial charge in [0, 0.05) is 16.5 Å². The molecule has 1 heterocycles. The summed E-state index contributed by atoms with van der Waals surface area (Å²) in [7, 11) is 0. The molecule has 0 aliphatic heterocycles. The Balaban J connectivity index is 1.72. The number of ketones is 1. The summed E-state index contributed by atoms with van der Waals surface area (Å²) >= 11 is 0. The van der Waals surface area contributed by atoms with Gasteiger partial charge in [0.1, 0.15) is 5.69 Å². The van der Waals surface area contributed by atoms with Crippen LogP contribution in [0.5, 0.6) is 0 Å². The van der Waals surface area contributed by atoms with E-state index in [2.05, 4.69) is 4.98 Å². The van der Waals surface area contributed by atoms with Crippen LogP contribution in [0, 0.1) is 20.8 Å². The molecule has 3 rings (SSSR count). The number of aromatic nitrogens is 1. The van der Waals surface area contributed by atoms with Gasteiger partial charge in [-0.25, -0.2) is 4.79 Å². The minimum Gasteiger partial charge on any atom is -0.453 e. The van der Waals surface area contributed by atoms with Crippen molar-refractivity contribution in [2.45, 2.75) is 20.8 Å². The summed E-state index contributed by atoms with van der Waals surface area (Å²) in [4.78, 5) is 27.5. The second kappa shape index (κ2) is 6.32. The van der Waals surface area contributed by atoms with E-state index in [1.165, 1.54) is 0 Å². The van der Waals surface area contributed by atoms with Crippen molar-refractivity contribution >= 4 is 22.7 Å². The van der Waals surface area contributed by atoms with Crippen molar-refractivity contribution in [3.8, 4) is 0 Å². The van der Waals surface area contributed by atoms with E-state index in [0.29, 0.717) is 11.3 Å². The quantitative estimate of drug-likeness (QED) is 0.580. The summed E-state index contributed by atoms with van der Waals surface area (Å²) in [5, 5.41) is 0.931. The first-order valence-corrected chi connectivity index (χ1v) is 7.81. The van der Waals surface area contributed by atoms with E-state index in [0.717, 1.165) is 27.6 Å². The van der Waals surface area contributed by atoms with Crippen molar-refractivity contribution in [1.82, 2.24) is 4.98 Å². The molecule has 3 aromatic rings. The van der Waals surface area contributed by atoms with Crippen LogP contribution in [0.1, 0.15) is 37.5 Å². The van der Waals surface area contributed by atoms with Crippen molar-refractivity contribution in [2.75, 3.05) is 6.61 Å². The highest BCUT2D eigenvalue weighted by molar-refractivity contribution is 6.01. The number of rotatable bonds is 4. The zero-order chi connectivity index (χ0) is 17.3. The smallest absolute Gasteiger partial charge is 0.355 e. The lowest BCUT2D eigenvalue weighted by Gasteiger charge is -2.09. The Kier molecular flexibility index (Phi) is 4.21. The molecule has 24 heavy (non-hydrogen) atoms. The number of H-pyrrole nitrogens is 1. The highest BCUT2D eigenvalue weighted by Gasteiger charge is 2.16. The standard InChI is InChI=1S/C20H19NO3/c1-12-8-14(3)16(9-13(12)2)19(22)11-24-20(23)18-10-15-6-4-5-7-17(15)21-18/h4-10,21H,11H2,1-3H3. The van der Waals surface area contributed by atoms with Crippen LogP contribution < -0.4 is 0 Å². The van der Waals surface area contributed by atoms with Gasteiger partial charge in [0.2, 0.25) is 5.78 Å². The number of aryl methyl sites for hydroxylation is 3. The molecule has 1 aromatic heterocycles. The van der Waals surface area contributed by atoms with E-state index >= 15 is 0 Å². The van der Waals surface area contributed by atoms with Gasteiger partial charge in [-0.3, -0.25) is 4.79 Å². The minimum atomic E-state index is -0.527. The van der Waals surface area contributed by atoms with Gasteiger partial charge in [0.25, 0.3) is 0 Å². The first-order valence-electron chi connectivity index (χ1n) is 7.81. The third-order valence-electron chi connectivity index (χ3n) is 4.23. The number of hydrogen-bond acceptors (Lipinski definition) is 3. The molecule has 122 valence electrons. The van der Waals surface area contributed by atoms with Crippen LogP contribution in [0.2, 0.25) is 0 Å². The molecule has 1 N–H and O–H groups in total. The van der Waals surface area contributed by atoms with Crippen molar-refractivity contribution in [1.29, 1.82) is 0 Å². The fourth-order valence-electron chi connectivity index (χ4n) is 2.73. The Morgan fingerprint density at radius 2 is 1.67 bits per heavy atom. The molecule has 0 aliphatic rings. The van der Waals surface area contributed by atoms with Gasteiger partial charge in [-0.1, -0.05) is 24.3 Å². The maximum Gasteiger partial charge on any atom is 0.355 e. The summed E-state index contributed by atoms with van der Waals surface area (Å²) in [6, 6.07) is 13.1. The van der Waals surface area contributed by atoms with Crippen LogP contribution in [0.4, 0.5) is 0 Å². The number of esters is 1. The zero-order valence-corrected chi connectivity index (χ0v) is 14.0. The van der Waals surface area contributed by atoms with E-state index in [4.69, 9.17) is 4.74 Å². The monoisotopic (exact) mass is 321 g/mol. The van der Waals surface area contributed by atoms with Gasteiger partial charge in [-0.15, -0.1) is 0 Å².